The number of rotatable bonds is 2. The summed E-state index contributed by atoms with van der Waals surface area (Å²) in [5, 5.41) is 7.14. The molecule has 0 unspecified atom stereocenters. The van der Waals surface area contributed by atoms with Gasteiger partial charge >= 0.3 is 0 Å². The number of guanidine groups is 1. The molecule has 0 saturated heterocycles. The van der Waals surface area contributed by atoms with Gasteiger partial charge in [0.1, 0.15) is 0 Å². The van der Waals surface area contributed by atoms with Crippen LogP contribution >= 0.6 is 12.4 Å². The summed E-state index contributed by atoms with van der Waals surface area (Å²) < 4.78 is 0. The molecule has 0 aliphatic rings. The Hall–Kier alpha value is -1.29. The average Bonchev–Trinajstić information content (AvgIpc) is 2.06. The van der Waals surface area contributed by atoms with Crippen molar-refractivity contribution >= 4 is 18.4 Å². The van der Waals surface area contributed by atoms with Crippen LogP contribution in [0.4, 0.5) is 0 Å². The average molecular weight is 201 g/mol. The van der Waals surface area contributed by atoms with Crippen LogP contribution in [0, 0.1) is 5.41 Å². The van der Waals surface area contributed by atoms with Crippen molar-refractivity contribution in [3.8, 4) is 0 Å². The molecule has 0 fully saturated rings. The summed E-state index contributed by atoms with van der Waals surface area (Å²) >= 11 is 0. The maximum Gasteiger partial charge on any atom is 0.188 e. The van der Waals surface area contributed by atoms with Crippen molar-refractivity contribution in [2.45, 2.75) is 6.54 Å². The van der Waals surface area contributed by atoms with Crippen LogP contribution in [0.15, 0.2) is 24.5 Å². The van der Waals surface area contributed by atoms with Gasteiger partial charge in [0.15, 0.2) is 5.96 Å². The van der Waals surface area contributed by atoms with Crippen molar-refractivity contribution in [3.05, 3.63) is 30.1 Å². The number of nitrogens with zero attached hydrogens (tertiary/aromatic N) is 2. The molecule has 1 aromatic heterocycles. The van der Waals surface area contributed by atoms with Gasteiger partial charge in [0, 0.05) is 26.0 Å². The molecule has 0 aromatic carbocycles. The van der Waals surface area contributed by atoms with Gasteiger partial charge in [0.2, 0.25) is 0 Å². The van der Waals surface area contributed by atoms with E-state index in [0.29, 0.717) is 6.54 Å². The number of nitrogens with two attached hydrogens (primary N) is 1. The lowest BCUT2D eigenvalue weighted by atomic mass is 10.2. The molecule has 1 rings (SSSR count). The molecule has 0 amide bonds. The first-order valence-electron chi connectivity index (χ1n) is 3.64. The summed E-state index contributed by atoms with van der Waals surface area (Å²) in [6.45, 7) is 0.651. The van der Waals surface area contributed by atoms with Crippen LogP contribution in [-0.4, -0.2) is 22.9 Å². The fraction of sp³-hybridized carbons (Fsp3) is 0.250. The first-order chi connectivity index (χ1) is 5.70. The van der Waals surface area contributed by atoms with Crippen molar-refractivity contribution < 1.29 is 0 Å². The minimum Gasteiger partial charge on any atom is -0.370 e. The summed E-state index contributed by atoms with van der Waals surface area (Å²) in [5.74, 6) is 0.0758. The number of hydrogen-bond donors (Lipinski definition) is 2. The molecule has 0 bridgehead atoms. The second kappa shape index (κ2) is 5.37. The molecular weight excluding hydrogens is 188 g/mol. The largest absolute Gasteiger partial charge is 0.370 e. The van der Waals surface area contributed by atoms with Gasteiger partial charge in [-0.3, -0.25) is 10.4 Å². The van der Waals surface area contributed by atoms with Crippen LogP contribution in [0.5, 0.6) is 0 Å². The third-order valence-corrected chi connectivity index (χ3v) is 1.58. The normalized spacial score (nSPS) is 8.69. The molecule has 0 radical (unpaired) electrons. The van der Waals surface area contributed by atoms with Crippen LogP contribution in [-0.2, 0) is 6.54 Å². The third-order valence-electron chi connectivity index (χ3n) is 1.58. The zero-order valence-electron chi connectivity index (χ0n) is 7.40. The number of aromatic nitrogens is 1. The first kappa shape index (κ1) is 11.7. The lowest BCUT2D eigenvalue weighted by Gasteiger charge is -2.15. The zero-order chi connectivity index (χ0) is 8.97. The van der Waals surface area contributed by atoms with Gasteiger partial charge in [0.25, 0.3) is 0 Å². The molecule has 0 aliphatic heterocycles. The van der Waals surface area contributed by atoms with E-state index in [1.807, 2.05) is 12.1 Å². The summed E-state index contributed by atoms with van der Waals surface area (Å²) in [6.07, 6.45) is 3.45. The molecule has 5 heteroatoms. The Labute approximate surface area is 83.7 Å². The molecular formula is C8H13ClN4. The van der Waals surface area contributed by atoms with E-state index in [0.717, 1.165) is 5.56 Å². The topological polar surface area (TPSA) is 66.0 Å². The maximum absolute atomic E-state index is 7.14. The molecule has 0 saturated carbocycles. The molecule has 3 N–H and O–H groups in total. The van der Waals surface area contributed by atoms with Crippen molar-refractivity contribution in [2.75, 3.05) is 7.05 Å². The molecule has 0 spiro atoms. The highest BCUT2D eigenvalue weighted by atomic mass is 35.5. The van der Waals surface area contributed by atoms with E-state index in [4.69, 9.17) is 11.1 Å². The van der Waals surface area contributed by atoms with Gasteiger partial charge in [-0.1, -0.05) is 0 Å². The number of pyridine rings is 1. The number of hydrogen-bond acceptors (Lipinski definition) is 2. The zero-order valence-corrected chi connectivity index (χ0v) is 8.21. The molecule has 0 atom stereocenters. The van der Waals surface area contributed by atoms with Crippen LogP contribution in [0.3, 0.4) is 0 Å². The van der Waals surface area contributed by atoms with E-state index in [-0.39, 0.29) is 18.4 Å². The highest BCUT2D eigenvalue weighted by molar-refractivity contribution is 5.85. The fourth-order valence-electron chi connectivity index (χ4n) is 0.847. The SMILES string of the molecule is CN(Cc1ccncc1)C(=N)N.Cl. The number of halogens is 1. The smallest absolute Gasteiger partial charge is 0.188 e. The minimum atomic E-state index is 0. The van der Waals surface area contributed by atoms with Crippen LogP contribution in [0.25, 0.3) is 0 Å². The van der Waals surface area contributed by atoms with Gasteiger partial charge in [-0.2, -0.15) is 0 Å². The third kappa shape index (κ3) is 3.75. The second-order valence-electron chi connectivity index (χ2n) is 2.60. The monoisotopic (exact) mass is 200 g/mol. The summed E-state index contributed by atoms with van der Waals surface area (Å²) in [7, 11) is 1.78. The van der Waals surface area contributed by atoms with Crippen molar-refractivity contribution in [1.82, 2.24) is 9.88 Å². The van der Waals surface area contributed by atoms with E-state index >= 15 is 0 Å². The van der Waals surface area contributed by atoms with Crippen molar-refractivity contribution in [2.24, 2.45) is 5.73 Å². The highest BCUT2D eigenvalue weighted by Crippen LogP contribution is 1.99. The fourth-order valence-corrected chi connectivity index (χ4v) is 0.847. The lowest BCUT2D eigenvalue weighted by Crippen LogP contribution is -2.32. The Kier molecular flexibility index (Phi) is 4.84. The van der Waals surface area contributed by atoms with Crippen molar-refractivity contribution in [3.63, 3.8) is 0 Å². The van der Waals surface area contributed by atoms with Gasteiger partial charge in [0.05, 0.1) is 0 Å². The molecule has 13 heavy (non-hydrogen) atoms. The Morgan fingerprint density at radius 1 is 1.54 bits per heavy atom. The molecule has 0 aliphatic carbocycles. The number of nitrogens with one attached hydrogen (secondary N) is 1. The van der Waals surface area contributed by atoms with Gasteiger partial charge in [-0.15, -0.1) is 12.4 Å². The molecule has 1 heterocycles. The Bertz CT molecular complexity index is 262. The summed E-state index contributed by atoms with van der Waals surface area (Å²) in [6, 6.07) is 3.80. The molecule has 1 aromatic rings. The Morgan fingerprint density at radius 2 is 2.08 bits per heavy atom. The second-order valence-corrected chi connectivity index (χ2v) is 2.60. The lowest BCUT2D eigenvalue weighted by molar-refractivity contribution is 0.491. The Morgan fingerprint density at radius 3 is 2.54 bits per heavy atom. The van der Waals surface area contributed by atoms with Crippen LogP contribution in [0.1, 0.15) is 5.56 Å². The first-order valence-corrected chi connectivity index (χ1v) is 3.64. The predicted molar refractivity (Wildman–Crippen MR) is 54.9 cm³/mol. The van der Waals surface area contributed by atoms with E-state index in [1.54, 1.807) is 24.3 Å². The highest BCUT2D eigenvalue weighted by Gasteiger charge is 1.99. The molecule has 4 nitrogen and oxygen atoms in total. The maximum atomic E-state index is 7.14. The van der Waals surface area contributed by atoms with Crippen LogP contribution < -0.4 is 5.73 Å². The van der Waals surface area contributed by atoms with Crippen molar-refractivity contribution in [1.29, 1.82) is 5.41 Å². The van der Waals surface area contributed by atoms with E-state index < -0.39 is 0 Å². The standard InChI is InChI=1S/C8H12N4.ClH/c1-12(8(9)10)6-7-2-4-11-5-3-7;/h2-5H,6H2,1H3,(H3,9,10);1H. The van der Waals surface area contributed by atoms with Gasteiger partial charge in [-0.05, 0) is 17.7 Å². The summed E-state index contributed by atoms with van der Waals surface area (Å²) in [5.41, 5.74) is 6.38. The van der Waals surface area contributed by atoms with Crippen LogP contribution in [0.2, 0.25) is 0 Å². The quantitative estimate of drug-likeness (QED) is 0.549. The molecule has 72 valence electrons. The predicted octanol–water partition coefficient (Wildman–Crippen LogP) is 0.829. The Balaban J connectivity index is 0.00000144. The minimum absolute atomic E-state index is 0. The van der Waals surface area contributed by atoms with Gasteiger partial charge < -0.3 is 10.6 Å². The van der Waals surface area contributed by atoms with E-state index in [9.17, 15) is 0 Å². The van der Waals surface area contributed by atoms with Gasteiger partial charge in [-0.25, -0.2) is 0 Å². The van der Waals surface area contributed by atoms with E-state index in [1.165, 1.54) is 0 Å². The van der Waals surface area contributed by atoms with E-state index in [2.05, 4.69) is 4.98 Å². The summed E-state index contributed by atoms with van der Waals surface area (Å²) in [4.78, 5) is 5.56.